The zero-order chi connectivity index (χ0) is 21.6. The third-order valence-corrected chi connectivity index (χ3v) is 10.5. The van der Waals surface area contributed by atoms with Crippen LogP contribution in [0.15, 0.2) is 30.3 Å². The topological polar surface area (TPSA) is 99.1 Å². The van der Waals surface area contributed by atoms with Crippen molar-refractivity contribution in [2.75, 3.05) is 13.2 Å². The summed E-state index contributed by atoms with van der Waals surface area (Å²) in [6.45, 7) is 7.34. The van der Waals surface area contributed by atoms with Crippen LogP contribution < -0.4 is 9.36 Å². The summed E-state index contributed by atoms with van der Waals surface area (Å²) in [6.07, 6.45) is 0.340. The van der Waals surface area contributed by atoms with Gasteiger partial charge in [0.1, 0.15) is 5.75 Å². The Kier molecular flexibility index (Phi) is 8.56. The maximum Gasteiger partial charge on any atom is 0.576 e. The Morgan fingerprint density at radius 2 is 1.83 bits per heavy atom. The molecule has 1 heterocycles. The highest BCUT2D eigenvalue weighted by Crippen LogP contribution is 2.69. The van der Waals surface area contributed by atoms with Gasteiger partial charge >= 0.3 is 20.7 Å². The van der Waals surface area contributed by atoms with Gasteiger partial charge in [0.15, 0.2) is 0 Å². The normalized spacial score (nSPS) is 12.2. The molecule has 0 saturated heterocycles. The molecule has 1 aromatic carbocycles. The number of ether oxygens (including phenoxy) is 1. The molecule has 1 atom stereocenters. The third kappa shape index (κ3) is 6.46. The lowest BCUT2D eigenvalue weighted by atomic mass is 10.1. The summed E-state index contributed by atoms with van der Waals surface area (Å²) in [6, 6.07) is 8.29. The second-order valence-electron chi connectivity index (χ2n) is 6.33. The zero-order valence-corrected chi connectivity index (χ0v) is 19.4. The number of rotatable bonds is 11. The molecule has 0 bridgehead atoms. The van der Waals surface area contributed by atoms with Crippen LogP contribution in [0.5, 0.6) is 5.75 Å². The first kappa shape index (κ1) is 23.7. The second-order valence-corrected chi connectivity index (χ2v) is 12.8. The SMILES string of the molecule is CCOP(=O)(OCC)[P+](=O)c1ccc(Cc2cc(OC(C)C)cc(C(=O)O)c2)s1. The molecule has 0 amide bonds. The molecule has 29 heavy (non-hydrogen) atoms. The standard InChI is InChI=1S/C19H24O7P2S/c1-5-24-28(23,25-6-2)27(22)18-8-7-17(29-18)11-14-9-15(19(20)21)12-16(10-14)26-13(3)4/h7-10,12-13H,5-6,11H2,1-4H3/p+1. The van der Waals surface area contributed by atoms with Crippen molar-refractivity contribution in [3.63, 3.8) is 0 Å². The van der Waals surface area contributed by atoms with Crippen LogP contribution in [0.3, 0.4) is 0 Å². The molecule has 1 N–H and O–H groups in total. The van der Waals surface area contributed by atoms with Crippen molar-refractivity contribution in [1.82, 2.24) is 0 Å². The fraction of sp³-hybridized carbons (Fsp3) is 0.421. The van der Waals surface area contributed by atoms with Gasteiger partial charge in [-0.1, -0.05) is 15.9 Å². The van der Waals surface area contributed by atoms with Crippen molar-refractivity contribution in [2.45, 2.75) is 40.2 Å². The number of aromatic carboxylic acids is 1. The molecule has 7 nitrogen and oxygen atoms in total. The summed E-state index contributed by atoms with van der Waals surface area (Å²) in [5.41, 5.74) is 0.889. The van der Waals surface area contributed by atoms with Crippen LogP contribution in [-0.2, 0) is 24.6 Å². The molecule has 0 fully saturated rings. The van der Waals surface area contributed by atoms with Crippen LogP contribution in [0, 0.1) is 0 Å². The molecule has 0 radical (unpaired) electrons. The van der Waals surface area contributed by atoms with E-state index in [4.69, 9.17) is 13.8 Å². The minimum atomic E-state index is -3.72. The molecule has 0 aliphatic carbocycles. The Labute approximate surface area is 175 Å². The summed E-state index contributed by atoms with van der Waals surface area (Å²) in [4.78, 5) is 12.3. The lowest BCUT2D eigenvalue weighted by molar-refractivity contribution is 0.0696. The average Bonchev–Trinajstić information content (AvgIpc) is 3.09. The van der Waals surface area contributed by atoms with E-state index in [-0.39, 0.29) is 24.9 Å². The molecule has 2 rings (SSSR count). The zero-order valence-electron chi connectivity index (χ0n) is 16.8. The van der Waals surface area contributed by atoms with Gasteiger partial charge in [-0.2, -0.15) is 0 Å². The quantitative estimate of drug-likeness (QED) is 0.446. The number of hydrogen-bond donors (Lipinski definition) is 1. The fourth-order valence-electron chi connectivity index (χ4n) is 2.58. The molecule has 10 heteroatoms. The average molecular weight is 459 g/mol. The van der Waals surface area contributed by atoms with Gasteiger partial charge in [-0.05, 0) is 57.5 Å². The number of carboxylic acids is 1. The van der Waals surface area contributed by atoms with E-state index in [1.807, 2.05) is 13.8 Å². The van der Waals surface area contributed by atoms with Crippen LogP contribution in [0.25, 0.3) is 0 Å². The minimum Gasteiger partial charge on any atom is -0.491 e. The van der Waals surface area contributed by atoms with Gasteiger partial charge in [0.05, 0.1) is 24.9 Å². The fourth-order valence-corrected chi connectivity index (χ4v) is 8.92. The molecule has 2 aromatic rings. The predicted octanol–water partition coefficient (Wildman–Crippen LogP) is 5.46. The summed E-state index contributed by atoms with van der Waals surface area (Å²) < 4.78 is 42.0. The highest BCUT2D eigenvalue weighted by atomic mass is 32.1. The lowest BCUT2D eigenvalue weighted by Gasteiger charge is -2.12. The number of carbonyl (C=O) groups is 1. The summed E-state index contributed by atoms with van der Waals surface area (Å²) in [7, 11) is -6.08. The smallest absolute Gasteiger partial charge is 0.491 e. The first-order chi connectivity index (χ1) is 13.7. The van der Waals surface area contributed by atoms with E-state index in [0.717, 1.165) is 10.4 Å². The Balaban J connectivity index is 2.27. The van der Waals surface area contributed by atoms with Gasteiger partial charge in [0.2, 0.25) is 0 Å². The largest absolute Gasteiger partial charge is 0.576 e. The highest BCUT2D eigenvalue weighted by molar-refractivity contribution is 8.27. The van der Waals surface area contributed by atoms with E-state index >= 15 is 0 Å². The van der Waals surface area contributed by atoms with Crippen molar-refractivity contribution >= 4 is 36.7 Å². The van der Waals surface area contributed by atoms with Gasteiger partial charge in [-0.3, -0.25) is 9.05 Å². The molecule has 1 unspecified atom stereocenters. The van der Waals surface area contributed by atoms with Gasteiger partial charge in [0, 0.05) is 17.4 Å². The van der Waals surface area contributed by atoms with Crippen LogP contribution in [0.2, 0.25) is 0 Å². The van der Waals surface area contributed by atoms with Crippen molar-refractivity contribution < 1.29 is 32.8 Å². The Bertz CT molecular complexity index is 913. The predicted molar refractivity (Wildman–Crippen MR) is 114 cm³/mol. The van der Waals surface area contributed by atoms with Crippen molar-refractivity contribution in [3.8, 4) is 5.75 Å². The third-order valence-electron chi connectivity index (χ3n) is 3.61. The first-order valence-electron chi connectivity index (χ1n) is 9.18. The van der Waals surface area contributed by atoms with E-state index in [1.54, 1.807) is 38.1 Å². The van der Waals surface area contributed by atoms with E-state index < -0.39 is 20.7 Å². The molecule has 0 spiro atoms. The van der Waals surface area contributed by atoms with Gasteiger partial charge in [-0.15, -0.1) is 0 Å². The Morgan fingerprint density at radius 1 is 1.17 bits per heavy atom. The number of benzene rings is 1. The molecular formula is C19H25O7P2S+. The summed E-state index contributed by atoms with van der Waals surface area (Å²) >= 11 is 1.24. The van der Waals surface area contributed by atoms with E-state index in [0.29, 0.717) is 16.8 Å². The molecule has 1 aromatic heterocycles. The van der Waals surface area contributed by atoms with Crippen molar-refractivity contribution in [1.29, 1.82) is 0 Å². The molecular weight excluding hydrogens is 434 g/mol. The van der Waals surface area contributed by atoms with Gasteiger partial charge in [-0.25, -0.2) is 9.36 Å². The van der Waals surface area contributed by atoms with Gasteiger partial charge in [0.25, 0.3) is 4.62 Å². The second kappa shape index (κ2) is 10.5. The number of hydrogen-bond acceptors (Lipinski definition) is 7. The van der Waals surface area contributed by atoms with E-state index in [1.165, 1.54) is 17.4 Å². The van der Waals surface area contributed by atoms with Crippen molar-refractivity contribution in [3.05, 3.63) is 46.3 Å². The summed E-state index contributed by atoms with van der Waals surface area (Å²) in [5, 5.41) is 9.35. The van der Waals surface area contributed by atoms with Crippen LogP contribution in [-0.4, -0.2) is 30.4 Å². The molecule has 0 aliphatic rings. The van der Waals surface area contributed by atoms with Crippen LogP contribution >= 0.6 is 26.1 Å². The van der Waals surface area contributed by atoms with Crippen LogP contribution in [0.4, 0.5) is 0 Å². The maximum atomic E-state index is 12.8. The molecule has 0 aliphatic heterocycles. The van der Waals surface area contributed by atoms with Crippen LogP contribution in [0.1, 0.15) is 48.5 Å². The minimum absolute atomic E-state index is 0.0875. The monoisotopic (exact) mass is 459 g/mol. The highest BCUT2D eigenvalue weighted by Gasteiger charge is 2.50. The number of carboxylic acid groups (broad SMARTS) is 1. The lowest BCUT2D eigenvalue weighted by Crippen LogP contribution is -2.07. The summed E-state index contributed by atoms with van der Waals surface area (Å²) in [5.74, 6) is -0.556. The van der Waals surface area contributed by atoms with E-state index in [9.17, 15) is 19.0 Å². The Morgan fingerprint density at radius 3 is 2.38 bits per heavy atom. The van der Waals surface area contributed by atoms with Crippen molar-refractivity contribution in [2.24, 2.45) is 0 Å². The molecule has 0 saturated carbocycles. The van der Waals surface area contributed by atoms with Gasteiger partial charge < -0.3 is 9.84 Å². The first-order valence-corrected chi connectivity index (χ1v) is 13.5. The number of thiophene rings is 1. The molecule has 158 valence electrons. The maximum absolute atomic E-state index is 12.8. The van der Waals surface area contributed by atoms with E-state index in [2.05, 4.69) is 0 Å². The Hall–Kier alpha value is -1.56.